The van der Waals surface area contributed by atoms with E-state index in [2.05, 4.69) is 6.07 Å². The maximum absolute atomic E-state index is 9.55. The van der Waals surface area contributed by atoms with Crippen LogP contribution in [0.3, 0.4) is 0 Å². The fraction of sp³-hybridized carbons (Fsp3) is 0.118. The van der Waals surface area contributed by atoms with Crippen LogP contribution in [-0.4, -0.2) is 14.1 Å². The highest BCUT2D eigenvalue weighted by molar-refractivity contribution is 6.18. The summed E-state index contributed by atoms with van der Waals surface area (Å²) < 4.78 is 0. The summed E-state index contributed by atoms with van der Waals surface area (Å²) in [7, 11) is 3.96. The zero-order chi connectivity index (χ0) is 14.3. The van der Waals surface area contributed by atoms with E-state index in [9.17, 15) is 5.26 Å². The van der Waals surface area contributed by atoms with Gasteiger partial charge in [0.05, 0.1) is 5.56 Å². The summed E-state index contributed by atoms with van der Waals surface area (Å²) in [6.07, 6.45) is 0. The molecular weight excluding hydrogens is 246 g/mol. The molecule has 0 atom stereocenters. The van der Waals surface area contributed by atoms with Crippen molar-refractivity contribution < 1.29 is 0 Å². The highest BCUT2D eigenvalue weighted by Gasteiger charge is 2.14. The third-order valence-electron chi connectivity index (χ3n) is 3.66. The van der Waals surface area contributed by atoms with E-state index in [1.165, 1.54) is 0 Å². The Morgan fingerprint density at radius 1 is 0.950 bits per heavy atom. The number of nitrogens with two attached hydrogens (primary N) is 1. The SMILES string of the molecule is CN(C)c1cccc2c(C#N)c3ccccc3c(N)c12. The van der Waals surface area contributed by atoms with E-state index in [1.807, 2.05) is 61.5 Å². The van der Waals surface area contributed by atoms with Crippen molar-refractivity contribution in [3.63, 3.8) is 0 Å². The highest BCUT2D eigenvalue weighted by Crippen LogP contribution is 2.38. The molecule has 3 heteroatoms. The van der Waals surface area contributed by atoms with Crippen LogP contribution in [0.15, 0.2) is 42.5 Å². The van der Waals surface area contributed by atoms with Gasteiger partial charge in [-0.05, 0) is 6.07 Å². The van der Waals surface area contributed by atoms with Gasteiger partial charge in [0, 0.05) is 47.0 Å². The van der Waals surface area contributed by atoms with E-state index >= 15 is 0 Å². The Labute approximate surface area is 117 Å². The molecule has 3 rings (SSSR count). The Kier molecular flexibility index (Phi) is 2.73. The Morgan fingerprint density at radius 3 is 2.25 bits per heavy atom. The lowest BCUT2D eigenvalue weighted by Gasteiger charge is -2.19. The summed E-state index contributed by atoms with van der Waals surface area (Å²) in [6, 6.07) is 16.1. The number of nitriles is 1. The van der Waals surface area contributed by atoms with Crippen molar-refractivity contribution in [1.29, 1.82) is 5.26 Å². The third kappa shape index (κ3) is 1.59. The van der Waals surface area contributed by atoms with Gasteiger partial charge < -0.3 is 10.6 Å². The molecule has 0 amide bonds. The van der Waals surface area contributed by atoms with Crippen molar-refractivity contribution in [3.05, 3.63) is 48.0 Å². The molecule has 20 heavy (non-hydrogen) atoms. The van der Waals surface area contributed by atoms with Crippen molar-refractivity contribution in [2.45, 2.75) is 0 Å². The van der Waals surface area contributed by atoms with Crippen molar-refractivity contribution in [2.24, 2.45) is 0 Å². The summed E-state index contributed by atoms with van der Waals surface area (Å²) in [5.74, 6) is 0. The average Bonchev–Trinajstić information content (AvgIpc) is 2.47. The Hall–Kier alpha value is -2.73. The number of nitrogen functional groups attached to an aromatic ring is 1. The Morgan fingerprint density at radius 2 is 1.60 bits per heavy atom. The maximum atomic E-state index is 9.55. The van der Waals surface area contributed by atoms with Gasteiger partial charge in [-0.3, -0.25) is 0 Å². The van der Waals surface area contributed by atoms with E-state index < -0.39 is 0 Å². The van der Waals surface area contributed by atoms with E-state index in [0.717, 1.165) is 32.9 Å². The maximum Gasteiger partial charge on any atom is 0.100 e. The molecule has 0 unspecified atom stereocenters. The topological polar surface area (TPSA) is 53.0 Å². The number of hydrogen-bond acceptors (Lipinski definition) is 3. The summed E-state index contributed by atoms with van der Waals surface area (Å²) in [4.78, 5) is 2.02. The van der Waals surface area contributed by atoms with Crippen LogP contribution in [0.5, 0.6) is 0 Å². The van der Waals surface area contributed by atoms with Gasteiger partial charge in [0.25, 0.3) is 0 Å². The van der Waals surface area contributed by atoms with Gasteiger partial charge >= 0.3 is 0 Å². The average molecular weight is 261 g/mol. The van der Waals surface area contributed by atoms with Gasteiger partial charge in [0.2, 0.25) is 0 Å². The molecule has 3 nitrogen and oxygen atoms in total. The van der Waals surface area contributed by atoms with Gasteiger partial charge in [-0.15, -0.1) is 0 Å². The van der Waals surface area contributed by atoms with Crippen LogP contribution in [0, 0.1) is 11.3 Å². The number of anilines is 2. The largest absolute Gasteiger partial charge is 0.398 e. The van der Waals surface area contributed by atoms with Crippen LogP contribution in [-0.2, 0) is 0 Å². The quantitative estimate of drug-likeness (QED) is 0.538. The first-order chi connectivity index (χ1) is 9.65. The van der Waals surface area contributed by atoms with Gasteiger partial charge in [-0.1, -0.05) is 36.4 Å². The summed E-state index contributed by atoms with van der Waals surface area (Å²) in [5.41, 5.74) is 8.83. The second-order valence-corrected chi connectivity index (χ2v) is 5.04. The lowest BCUT2D eigenvalue weighted by Crippen LogP contribution is -2.10. The molecule has 3 aromatic rings. The standard InChI is InChI=1S/C17H15N3/c1-20(2)15-9-5-8-12-14(10-18)11-6-3-4-7-13(11)17(19)16(12)15/h3-9H,19H2,1-2H3. The third-order valence-corrected chi connectivity index (χ3v) is 3.66. The lowest BCUT2D eigenvalue weighted by atomic mass is 9.94. The van der Waals surface area contributed by atoms with Crippen molar-refractivity contribution in [2.75, 3.05) is 24.7 Å². The lowest BCUT2D eigenvalue weighted by molar-refractivity contribution is 1.14. The van der Waals surface area contributed by atoms with Gasteiger partial charge in [-0.25, -0.2) is 0 Å². The van der Waals surface area contributed by atoms with Gasteiger partial charge in [0.1, 0.15) is 6.07 Å². The molecule has 0 aliphatic carbocycles. The summed E-state index contributed by atoms with van der Waals surface area (Å²) in [5, 5.41) is 13.3. The normalized spacial score (nSPS) is 10.7. The van der Waals surface area contributed by atoms with E-state index in [4.69, 9.17) is 5.73 Å². The molecule has 0 aliphatic rings. The molecule has 3 aromatic carbocycles. The minimum Gasteiger partial charge on any atom is -0.398 e. The van der Waals surface area contributed by atoms with Gasteiger partial charge in [-0.2, -0.15) is 5.26 Å². The number of hydrogen-bond donors (Lipinski definition) is 1. The fourth-order valence-electron chi connectivity index (χ4n) is 2.74. The van der Waals surface area contributed by atoms with Gasteiger partial charge in [0.15, 0.2) is 0 Å². The molecule has 0 saturated carbocycles. The predicted molar refractivity (Wildman–Crippen MR) is 84.9 cm³/mol. The predicted octanol–water partition coefficient (Wildman–Crippen LogP) is 3.51. The molecule has 0 saturated heterocycles. The van der Waals surface area contributed by atoms with Crippen LogP contribution in [0.2, 0.25) is 0 Å². The molecule has 98 valence electrons. The smallest absolute Gasteiger partial charge is 0.100 e. The van der Waals surface area contributed by atoms with Crippen LogP contribution in [0.25, 0.3) is 21.5 Å². The molecule has 0 heterocycles. The molecule has 2 N–H and O–H groups in total. The van der Waals surface area contributed by atoms with E-state index in [-0.39, 0.29) is 0 Å². The van der Waals surface area contributed by atoms with E-state index in [0.29, 0.717) is 5.56 Å². The second kappa shape index (κ2) is 4.43. The van der Waals surface area contributed by atoms with Crippen LogP contribution in [0.4, 0.5) is 11.4 Å². The molecular formula is C17H15N3. The Bertz CT molecular complexity index is 857. The number of nitrogens with zero attached hydrogens (tertiary/aromatic N) is 2. The Balaban J connectivity index is 2.65. The zero-order valence-electron chi connectivity index (χ0n) is 11.5. The first-order valence-electron chi connectivity index (χ1n) is 6.45. The van der Waals surface area contributed by atoms with E-state index in [1.54, 1.807) is 0 Å². The van der Waals surface area contributed by atoms with Crippen molar-refractivity contribution in [3.8, 4) is 6.07 Å². The molecule has 0 bridgehead atoms. The minimum atomic E-state index is 0.688. The first-order valence-corrected chi connectivity index (χ1v) is 6.45. The molecule has 0 radical (unpaired) electrons. The van der Waals surface area contributed by atoms with Crippen LogP contribution < -0.4 is 10.6 Å². The summed E-state index contributed by atoms with van der Waals surface area (Å²) in [6.45, 7) is 0. The van der Waals surface area contributed by atoms with Crippen LogP contribution in [0.1, 0.15) is 5.56 Å². The minimum absolute atomic E-state index is 0.688. The number of benzene rings is 3. The molecule has 0 fully saturated rings. The second-order valence-electron chi connectivity index (χ2n) is 5.04. The van der Waals surface area contributed by atoms with Crippen LogP contribution >= 0.6 is 0 Å². The highest BCUT2D eigenvalue weighted by atomic mass is 15.1. The fourth-order valence-corrected chi connectivity index (χ4v) is 2.74. The summed E-state index contributed by atoms with van der Waals surface area (Å²) >= 11 is 0. The number of rotatable bonds is 1. The molecule has 0 spiro atoms. The zero-order valence-corrected chi connectivity index (χ0v) is 11.5. The monoisotopic (exact) mass is 261 g/mol. The molecule has 0 aliphatic heterocycles. The van der Waals surface area contributed by atoms with Crippen molar-refractivity contribution in [1.82, 2.24) is 0 Å². The number of fused-ring (bicyclic) bond motifs is 2. The first kappa shape index (κ1) is 12.3. The molecule has 0 aromatic heterocycles. The van der Waals surface area contributed by atoms with Crippen molar-refractivity contribution >= 4 is 32.9 Å².